The molecule has 88 valence electrons. The van der Waals surface area contributed by atoms with Crippen LogP contribution in [0.5, 0.6) is 0 Å². The molecule has 0 bridgehead atoms. The normalized spacial score (nSPS) is 34.2. The molecule has 0 amide bonds. The minimum absolute atomic E-state index is 0.429. The van der Waals surface area contributed by atoms with Gasteiger partial charge in [0.1, 0.15) is 0 Å². The second-order valence-corrected chi connectivity index (χ2v) is 4.92. The maximum atomic E-state index is 5.54. The highest BCUT2D eigenvalue weighted by atomic mass is 16.5. The van der Waals surface area contributed by atoms with Gasteiger partial charge in [-0.05, 0) is 39.3 Å². The van der Waals surface area contributed by atoms with Crippen molar-refractivity contribution in [3.8, 4) is 0 Å². The molecule has 2 fully saturated rings. The van der Waals surface area contributed by atoms with Gasteiger partial charge in [-0.2, -0.15) is 0 Å². The molecule has 0 aromatic carbocycles. The lowest BCUT2D eigenvalue weighted by molar-refractivity contribution is -0.0194. The van der Waals surface area contributed by atoms with E-state index < -0.39 is 0 Å². The zero-order valence-corrected chi connectivity index (χ0v) is 9.87. The van der Waals surface area contributed by atoms with Gasteiger partial charge in [0.15, 0.2) is 0 Å². The van der Waals surface area contributed by atoms with Crippen molar-refractivity contribution in [2.45, 2.75) is 44.8 Å². The summed E-state index contributed by atoms with van der Waals surface area (Å²) in [4.78, 5) is 2.55. The molecule has 2 unspecified atom stereocenters. The highest BCUT2D eigenvalue weighted by Gasteiger charge is 2.18. The first kappa shape index (κ1) is 11.4. The van der Waals surface area contributed by atoms with E-state index in [9.17, 15) is 0 Å². The number of morpholine rings is 1. The van der Waals surface area contributed by atoms with Gasteiger partial charge in [0, 0.05) is 19.1 Å². The van der Waals surface area contributed by atoms with E-state index in [1.54, 1.807) is 0 Å². The van der Waals surface area contributed by atoms with Crippen LogP contribution in [0.3, 0.4) is 0 Å². The third-order valence-corrected chi connectivity index (χ3v) is 3.53. The SMILES string of the molecule is CC1CN(CCC2CCCCN2)CCO1. The Morgan fingerprint density at radius 3 is 3.07 bits per heavy atom. The van der Waals surface area contributed by atoms with E-state index in [1.165, 1.54) is 38.8 Å². The summed E-state index contributed by atoms with van der Waals surface area (Å²) in [6.07, 6.45) is 5.90. The Morgan fingerprint density at radius 1 is 1.40 bits per heavy atom. The quantitative estimate of drug-likeness (QED) is 0.762. The fourth-order valence-electron chi connectivity index (χ4n) is 2.60. The summed E-state index contributed by atoms with van der Waals surface area (Å²) in [6.45, 7) is 7.80. The van der Waals surface area contributed by atoms with Crippen molar-refractivity contribution in [3.05, 3.63) is 0 Å². The van der Waals surface area contributed by atoms with Gasteiger partial charge in [-0.3, -0.25) is 4.90 Å². The van der Waals surface area contributed by atoms with Crippen molar-refractivity contribution in [2.24, 2.45) is 0 Å². The van der Waals surface area contributed by atoms with Gasteiger partial charge in [-0.1, -0.05) is 6.42 Å². The monoisotopic (exact) mass is 212 g/mol. The predicted molar refractivity (Wildman–Crippen MR) is 62.1 cm³/mol. The lowest BCUT2D eigenvalue weighted by Gasteiger charge is -2.33. The molecule has 2 saturated heterocycles. The van der Waals surface area contributed by atoms with Crippen LogP contribution in [0.4, 0.5) is 0 Å². The topological polar surface area (TPSA) is 24.5 Å². The number of ether oxygens (including phenoxy) is 1. The van der Waals surface area contributed by atoms with Crippen molar-refractivity contribution < 1.29 is 4.74 Å². The maximum Gasteiger partial charge on any atom is 0.0674 e. The second-order valence-electron chi connectivity index (χ2n) is 4.92. The Labute approximate surface area is 93.2 Å². The number of hydrogen-bond acceptors (Lipinski definition) is 3. The van der Waals surface area contributed by atoms with Crippen LogP contribution < -0.4 is 5.32 Å². The fourth-order valence-corrected chi connectivity index (χ4v) is 2.60. The molecule has 0 saturated carbocycles. The lowest BCUT2D eigenvalue weighted by Crippen LogP contribution is -2.44. The van der Waals surface area contributed by atoms with Gasteiger partial charge in [0.25, 0.3) is 0 Å². The van der Waals surface area contributed by atoms with Crippen LogP contribution in [0.2, 0.25) is 0 Å². The van der Waals surface area contributed by atoms with Crippen molar-refractivity contribution in [2.75, 3.05) is 32.8 Å². The molecule has 0 aromatic heterocycles. The predicted octanol–water partition coefficient (Wildman–Crippen LogP) is 1.24. The van der Waals surface area contributed by atoms with Crippen molar-refractivity contribution in [3.63, 3.8) is 0 Å². The Kier molecular flexibility index (Phi) is 4.42. The maximum absolute atomic E-state index is 5.54. The minimum Gasteiger partial charge on any atom is -0.376 e. The lowest BCUT2D eigenvalue weighted by atomic mass is 10.0. The summed E-state index contributed by atoms with van der Waals surface area (Å²) < 4.78 is 5.54. The standard InChI is InChI=1S/C12H24N2O/c1-11-10-14(8-9-15-11)7-5-12-4-2-3-6-13-12/h11-13H,2-10H2,1H3. The van der Waals surface area contributed by atoms with Crippen LogP contribution in [-0.2, 0) is 4.74 Å². The Hall–Kier alpha value is -0.120. The average molecular weight is 212 g/mol. The van der Waals surface area contributed by atoms with Crippen LogP contribution in [-0.4, -0.2) is 49.8 Å². The van der Waals surface area contributed by atoms with E-state index in [0.29, 0.717) is 6.10 Å². The highest BCUT2D eigenvalue weighted by Crippen LogP contribution is 2.12. The Morgan fingerprint density at radius 2 is 2.33 bits per heavy atom. The van der Waals surface area contributed by atoms with Crippen LogP contribution in [0.1, 0.15) is 32.6 Å². The number of nitrogens with one attached hydrogen (secondary N) is 1. The number of nitrogens with zero attached hydrogens (tertiary/aromatic N) is 1. The zero-order valence-electron chi connectivity index (χ0n) is 9.87. The molecule has 0 spiro atoms. The van der Waals surface area contributed by atoms with E-state index in [-0.39, 0.29) is 0 Å². The van der Waals surface area contributed by atoms with Gasteiger partial charge < -0.3 is 10.1 Å². The fraction of sp³-hybridized carbons (Fsp3) is 1.00. The van der Waals surface area contributed by atoms with Crippen LogP contribution in [0.15, 0.2) is 0 Å². The van der Waals surface area contributed by atoms with Gasteiger partial charge in [-0.15, -0.1) is 0 Å². The molecule has 0 aromatic rings. The molecule has 3 heteroatoms. The minimum atomic E-state index is 0.429. The zero-order chi connectivity index (χ0) is 10.5. The molecule has 0 aliphatic carbocycles. The van der Waals surface area contributed by atoms with Crippen LogP contribution >= 0.6 is 0 Å². The van der Waals surface area contributed by atoms with E-state index in [4.69, 9.17) is 4.74 Å². The number of rotatable bonds is 3. The average Bonchev–Trinajstić information content (AvgIpc) is 2.28. The molecule has 2 heterocycles. The van der Waals surface area contributed by atoms with E-state index in [0.717, 1.165) is 25.7 Å². The third-order valence-electron chi connectivity index (χ3n) is 3.53. The summed E-state index contributed by atoms with van der Waals surface area (Å²) in [5.41, 5.74) is 0. The summed E-state index contributed by atoms with van der Waals surface area (Å²) >= 11 is 0. The smallest absolute Gasteiger partial charge is 0.0674 e. The summed E-state index contributed by atoms with van der Waals surface area (Å²) in [7, 11) is 0. The van der Waals surface area contributed by atoms with Crippen LogP contribution in [0, 0.1) is 0 Å². The van der Waals surface area contributed by atoms with Crippen molar-refractivity contribution in [1.29, 1.82) is 0 Å². The first-order valence-corrected chi connectivity index (χ1v) is 6.42. The molecule has 2 aliphatic heterocycles. The van der Waals surface area contributed by atoms with Gasteiger partial charge in [0.2, 0.25) is 0 Å². The second kappa shape index (κ2) is 5.83. The molecule has 3 nitrogen and oxygen atoms in total. The van der Waals surface area contributed by atoms with E-state index in [2.05, 4.69) is 17.1 Å². The molecule has 2 atom stereocenters. The first-order valence-electron chi connectivity index (χ1n) is 6.42. The number of piperidine rings is 1. The molecular weight excluding hydrogens is 188 g/mol. The largest absolute Gasteiger partial charge is 0.376 e. The first-order chi connectivity index (χ1) is 7.34. The summed E-state index contributed by atoms with van der Waals surface area (Å²) in [5.74, 6) is 0. The van der Waals surface area contributed by atoms with Crippen molar-refractivity contribution >= 4 is 0 Å². The Bertz CT molecular complexity index is 180. The van der Waals surface area contributed by atoms with Gasteiger partial charge >= 0.3 is 0 Å². The molecule has 2 aliphatic rings. The van der Waals surface area contributed by atoms with Crippen LogP contribution in [0.25, 0.3) is 0 Å². The molecular formula is C12H24N2O. The summed E-state index contributed by atoms with van der Waals surface area (Å²) in [5, 5.41) is 3.61. The summed E-state index contributed by atoms with van der Waals surface area (Å²) in [6, 6.07) is 0.775. The third kappa shape index (κ3) is 3.74. The highest BCUT2D eigenvalue weighted by molar-refractivity contribution is 4.75. The van der Waals surface area contributed by atoms with E-state index >= 15 is 0 Å². The van der Waals surface area contributed by atoms with Crippen molar-refractivity contribution in [1.82, 2.24) is 10.2 Å². The Balaban J connectivity index is 1.63. The van der Waals surface area contributed by atoms with Gasteiger partial charge in [-0.25, -0.2) is 0 Å². The van der Waals surface area contributed by atoms with Gasteiger partial charge in [0.05, 0.1) is 12.7 Å². The number of hydrogen-bond donors (Lipinski definition) is 1. The molecule has 15 heavy (non-hydrogen) atoms. The van der Waals surface area contributed by atoms with E-state index in [1.807, 2.05) is 0 Å². The molecule has 2 rings (SSSR count). The molecule has 1 N–H and O–H groups in total. The molecule has 0 radical (unpaired) electrons.